The maximum atomic E-state index is 10.2. The van der Waals surface area contributed by atoms with E-state index in [1.165, 1.54) is 16.7 Å². The van der Waals surface area contributed by atoms with Crippen molar-refractivity contribution >= 4 is 16.3 Å². The highest BCUT2D eigenvalue weighted by Gasteiger charge is 2.24. The summed E-state index contributed by atoms with van der Waals surface area (Å²) in [5.41, 5.74) is 5.63. The minimum atomic E-state index is 0.413. The van der Waals surface area contributed by atoms with Gasteiger partial charge in [0.25, 0.3) is 0 Å². The first-order valence-corrected chi connectivity index (χ1v) is 7.39. The molecule has 0 spiro atoms. The SMILES string of the molecule is CC1CC=CC2=C1CCc1c2ccc2cccc(O)c12. The predicted molar refractivity (Wildman–Crippen MR) is 83.8 cm³/mol. The van der Waals surface area contributed by atoms with Gasteiger partial charge in [-0.05, 0) is 53.3 Å². The smallest absolute Gasteiger partial charge is 0.123 e. The average molecular weight is 262 g/mol. The van der Waals surface area contributed by atoms with E-state index in [-0.39, 0.29) is 0 Å². The van der Waals surface area contributed by atoms with Gasteiger partial charge >= 0.3 is 0 Å². The summed E-state index contributed by atoms with van der Waals surface area (Å²) in [4.78, 5) is 0. The number of hydrogen-bond donors (Lipinski definition) is 1. The van der Waals surface area contributed by atoms with Gasteiger partial charge in [0.05, 0.1) is 0 Å². The number of allylic oxidation sites excluding steroid dienone is 4. The number of aryl methyl sites for hydroxylation is 1. The molecule has 2 aliphatic carbocycles. The van der Waals surface area contributed by atoms with Crippen molar-refractivity contribution in [2.24, 2.45) is 5.92 Å². The number of fused-ring (bicyclic) bond motifs is 4. The second-order valence-electron chi connectivity index (χ2n) is 5.94. The summed E-state index contributed by atoms with van der Waals surface area (Å²) in [5, 5.41) is 12.4. The lowest BCUT2D eigenvalue weighted by molar-refractivity contribution is 0.481. The first kappa shape index (κ1) is 11.8. The van der Waals surface area contributed by atoms with Crippen LogP contribution in [0.5, 0.6) is 5.75 Å². The van der Waals surface area contributed by atoms with Crippen molar-refractivity contribution in [1.82, 2.24) is 0 Å². The lowest BCUT2D eigenvalue weighted by Gasteiger charge is -2.29. The van der Waals surface area contributed by atoms with E-state index in [1.54, 1.807) is 11.6 Å². The third kappa shape index (κ3) is 1.56. The predicted octanol–water partition coefficient (Wildman–Crippen LogP) is 4.84. The standard InChI is InChI=1S/C19H18O/c1-12-4-2-6-15-14(12)10-11-17-16(15)9-8-13-5-3-7-18(20)19(13)17/h2-3,5-9,12,20H,4,10-11H2,1H3. The van der Waals surface area contributed by atoms with Crippen LogP contribution in [0.1, 0.15) is 30.9 Å². The fourth-order valence-corrected chi connectivity index (χ4v) is 3.75. The van der Waals surface area contributed by atoms with Crippen LogP contribution < -0.4 is 0 Å². The summed E-state index contributed by atoms with van der Waals surface area (Å²) in [6.07, 6.45) is 7.89. The van der Waals surface area contributed by atoms with E-state index in [9.17, 15) is 5.11 Å². The zero-order valence-corrected chi connectivity index (χ0v) is 11.7. The lowest BCUT2D eigenvalue weighted by atomic mass is 9.76. The van der Waals surface area contributed by atoms with Gasteiger partial charge in [-0.3, -0.25) is 0 Å². The quantitative estimate of drug-likeness (QED) is 0.720. The Balaban J connectivity index is 2.04. The van der Waals surface area contributed by atoms with Crippen LogP contribution in [0.2, 0.25) is 0 Å². The average Bonchev–Trinajstić information content (AvgIpc) is 2.47. The van der Waals surface area contributed by atoms with Gasteiger partial charge in [-0.25, -0.2) is 0 Å². The Labute approximate surface area is 119 Å². The highest BCUT2D eigenvalue weighted by Crippen LogP contribution is 2.43. The zero-order valence-electron chi connectivity index (χ0n) is 11.7. The van der Waals surface area contributed by atoms with Gasteiger partial charge in [0.2, 0.25) is 0 Å². The molecular formula is C19H18O. The molecule has 1 nitrogen and oxygen atoms in total. The van der Waals surface area contributed by atoms with Crippen LogP contribution in [-0.2, 0) is 6.42 Å². The Bertz CT molecular complexity index is 765. The maximum Gasteiger partial charge on any atom is 0.123 e. The second-order valence-corrected chi connectivity index (χ2v) is 5.94. The van der Waals surface area contributed by atoms with Gasteiger partial charge in [-0.15, -0.1) is 0 Å². The molecule has 1 unspecified atom stereocenters. The third-order valence-corrected chi connectivity index (χ3v) is 4.78. The van der Waals surface area contributed by atoms with Gasteiger partial charge in [0.1, 0.15) is 5.75 Å². The molecule has 2 aromatic rings. The Morgan fingerprint density at radius 3 is 2.90 bits per heavy atom. The fourth-order valence-electron chi connectivity index (χ4n) is 3.75. The summed E-state index contributed by atoms with van der Waals surface area (Å²) >= 11 is 0. The number of phenolic OH excluding ortho intramolecular Hbond substituents is 1. The van der Waals surface area contributed by atoms with Gasteiger partial charge < -0.3 is 5.11 Å². The Hall–Kier alpha value is -2.02. The fraction of sp³-hybridized carbons (Fsp3) is 0.263. The van der Waals surface area contributed by atoms with Gasteiger partial charge in [-0.2, -0.15) is 0 Å². The highest BCUT2D eigenvalue weighted by atomic mass is 16.3. The molecule has 0 aliphatic heterocycles. The van der Waals surface area contributed by atoms with E-state index in [0.717, 1.165) is 30.0 Å². The van der Waals surface area contributed by atoms with Crippen LogP contribution in [0.4, 0.5) is 0 Å². The molecule has 0 fully saturated rings. The van der Waals surface area contributed by atoms with Crippen molar-refractivity contribution < 1.29 is 5.11 Å². The molecule has 0 saturated carbocycles. The zero-order chi connectivity index (χ0) is 13.7. The highest BCUT2D eigenvalue weighted by molar-refractivity contribution is 5.97. The van der Waals surface area contributed by atoms with E-state index < -0.39 is 0 Å². The molecule has 1 heteroatoms. The van der Waals surface area contributed by atoms with Crippen molar-refractivity contribution in [3.05, 3.63) is 59.2 Å². The summed E-state index contributed by atoms with van der Waals surface area (Å²) in [5.74, 6) is 1.07. The van der Waals surface area contributed by atoms with Crippen molar-refractivity contribution in [1.29, 1.82) is 0 Å². The third-order valence-electron chi connectivity index (χ3n) is 4.78. The van der Waals surface area contributed by atoms with E-state index in [2.05, 4.69) is 37.3 Å². The van der Waals surface area contributed by atoms with E-state index >= 15 is 0 Å². The van der Waals surface area contributed by atoms with Crippen LogP contribution in [0, 0.1) is 5.92 Å². The Morgan fingerprint density at radius 2 is 2.00 bits per heavy atom. The summed E-state index contributed by atoms with van der Waals surface area (Å²) in [6, 6.07) is 10.2. The lowest BCUT2D eigenvalue weighted by Crippen LogP contribution is -2.12. The molecule has 0 bridgehead atoms. The van der Waals surface area contributed by atoms with Gasteiger partial charge in [0.15, 0.2) is 0 Å². The Kier molecular flexibility index (Phi) is 2.50. The number of phenols is 1. The van der Waals surface area contributed by atoms with Crippen LogP contribution in [0.15, 0.2) is 48.1 Å². The molecule has 2 aliphatic rings. The van der Waals surface area contributed by atoms with E-state index in [0.29, 0.717) is 11.7 Å². The first-order valence-electron chi connectivity index (χ1n) is 7.39. The minimum Gasteiger partial charge on any atom is -0.507 e. The minimum absolute atomic E-state index is 0.413. The molecule has 100 valence electrons. The number of rotatable bonds is 0. The second kappa shape index (κ2) is 4.24. The van der Waals surface area contributed by atoms with Crippen LogP contribution in [-0.4, -0.2) is 5.11 Å². The van der Waals surface area contributed by atoms with Crippen LogP contribution >= 0.6 is 0 Å². The molecule has 0 aromatic heterocycles. The van der Waals surface area contributed by atoms with E-state index in [1.807, 2.05) is 6.07 Å². The monoisotopic (exact) mass is 262 g/mol. The van der Waals surface area contributed by atoms with Gasteiger partial charge in [-0.1, -0.05) is 48.9 Å². The number of hydrogen-bond acceptors (Lipinski definition) is 1. The van der Waals surface area contributed by atoms with Crippen molar-refractivity contribution in [2.75, 3.05) is 0 Å². The molecular weight excluding hydrogens is 244 g/mol. The molecule has 2 aromatic carbocycles. The van der Waals surface area contributed by atoms with Crippen molar-refractivity contribution in [2.45, 2.75) is 26.2 Å². The van der Waals surface area contributed by atoms with Gasteiger partial charge in [0, 0.05) is 5.39 Å². The molecule has 0 saturated heterocycles. The molecule has 1 N–H and O–H groups in total. The molecule has 0 amide bonds. The Morgan fingerprint density at radius 1 is 1.10 bits per heavy atom. The largest absolute Gasteiger partial charge is 0.507 e. The molecule has 1 atom stereocenters. The summed E-state index contributed by atoms with van der Waals surface area (Å²) in [7, 11) is 0. The van der Waals surface area contributed by atoms with Crippen molar-refractivity contribution in [3.63, 3.8) is 0 Å². The number of benzene rings is 2. The van der Waals surface area contributed by atoms with Crippen molar-refractivity contribution in [3.8, 4) is 5.75 Å². The summed E-state index contributed by atoms with van der Waals surface area (Å²) < 4.78 is 0. The normalized spacial score (nSPS) is 20.9. The topological polar surface area (TPSA) is 20.2 Å². The molecule has 20 heavy (non-hydrogen) atoms. The maximum absolute atomic E-state index is 10.2. The molecule has 0 radical (unpaired) electrons. The number of aromatic hydroxyl groups is 1. The first-order chi connectivity index (χ1) is 9.75. The van der Waals surface area contributed by atoms with Crippen LogP contribution in [0.25, 0.3) is 16.3 Å². The molecule has 0 heterocycles. The molecule has 4 rings (SSSR count). The van der Waals surface area contributed by atoms with Crippen LogP contribution in [0.3, 0.4) is 0 Å². The summed E-state index contributed by atoms with van der Waals surface area (Å²) in [6.45, 7) is 2.32. The van der Waals surface area contributed by atoms with E-state index in [4.69, 9.17) is 0 Å².